The molecular formula is C12H8ClF3N4. The minimum Gasteiger partial charge on any atom is -0.286 e. The summed E-state index contributed by atoms with van der Waals surface area (Å²) < 4.78 is 40.7. The number of aromatic nitrogens is 4. The average Bonchev–Trinajstić information content (AvgIpc) is 2.91. The van der Waals surface area contributed by atoms with Gasteiger partial charge < -0.3 is 0 Å². The lowest BCUT2D eigenvalue weighted by Gasteiger charge is -2.04. The fraction of sp³-hybridized carbons (Fsp3) is 0.167. The molecule has 0 radical (unpaired) electrons. The van der Waals surface area contributed by atoms with E-state index >= 15 is 0 Å². The molecule has 0 aliphatic rings. The van der Waals surface area contributed by atoms with Crippen molar-refractivity contribution in [2.24, 2.45) is 7.05 Å². The van der Waals surface area contributed by atoms with Crippen molar-refractivity contribution >= 4 is 22.6 Å². The topological polar surface area (TPSA) is 35.6 Å². The lowest BCUT2D eigenvalue weighted by molar-refractivity contribution is -0.141. The zero-order valence-electron chi connectivity index (χ0n) is 10.2. The largest absolute Gasteiger partial charge is 0.435 e. The summed E-state index contributed by atoms with van der Waals surface area (Å²) in [6, 6.07) is 4.41. The van der Waals surface area contributed by atoms with Crippen LogP contribution < -0.4 is 0 Å². The van der Waals surface area contributed by atoms with Crippen LogP contribution in [0.5, 0.6) is 0 Å². The van der Waals surface area contributed by atoms with Crippen molar-refractivity contribution in [2.75, 3.05) is 0 Å². The van der Waals surface area contributed by atoms with Gasteiger partial charge in [-0.3, -0.25) is 9.25 Å². The normalized spacial score (nSPS) is 12.2. The van der Waals surface area contributed by atoms with Crippen LogP contribution in [0.25, 0.3) is 16.9 Å². The lowest BCUT2D eigenvalue weighted by Crippen LogP contribution is -2.06. The number of fused-ring (bicyclic) bond motifs is 1. The van der Waals surface area contributed by atoms with Crippen LogP contribution in [0.1, 0.15) is 5.69 Å². The SMILES string of the molecule is Cn1nc(C(F)(F)F)cc1-n1ccc2cc(Cl)cnc21. The highest BCUT2D eigenvalue weighted by atomic mass is 35.5. The number of halogens is 4. The van der Waals surface area contributed by atoms with Gasteiger partial charge in [0.25, 0.3) is 0 Å². The van der Waals surface area contributed by atoms with E-state index in [1.54, 1.807) is 18.3 Å². The Bertz CT molecular complexity index is 788. The monoisotopic (exact) mass is 300 g/mol. The highest BCUT2D eigenvalue weighted by molar-refractivity contribution is 6.31. The number of hydrogen-bond acceptors (Lipinski definition) is 2. The molecule has 3 aromatic heterocycles. The number of alkyl halides is 3. The van der Waals surface area contributed by atoms with Crippen molar-refractivity contribution in [3.8, 4) is 5.82 Å². The second-order valence-corrected chi connectivity index (χ2v) is 4.70. The third-order valence-electron chi connectivity index (χ3n) is 2.89. The minimum absolute atomic E-state index is 0.280. The first-order valence-corrected chi connectivity index (χ1v) is 5.98. The summed E-state index contributed by atoms with van der Waals surface area (Å²) in [5, 5.41) is 4.69. The quantitative estimate of drug-likeness (QED) is 0.690. The molecule has 4 nitrogen and oxygen atoms in total. The van der Waals surface area contributed by atoms with Crippen molar-refractivity contribution in [1.82, 2.24) is 19.3 Å². The van der Waals surface area contributed by atoms with Crippen LogP contribution in [-0.4, -0.2) is 19.3 Å². The summed E-state index contributed by atoms with van der Waals surface area (Å²) in [7, 11) is 1.45. The first-order valence-electron chi connectivity index (χ1n) is 5.60. The molecule has 20 heavy (non-hydrogen) atoms. The fourth-order valence-electron chi connectivity index (χ4n) is 2.00. The molecule has 0 fully saturated rings. The van der Waals surface area contributed by atoms with E-state index in [0.29, 0.717) is 10.7 Å². The summed E-state index contributed by atoms with van der Waals surface area (Å²) in [6.45, 7) is 0. The molecule has 3 aromatic rings. The van der Waals surface area contributed by atoms with Gasteiger partial charge in [-0.05, 0) is 12.1 Å². The predicted molar refractivity (Wildman–Crippen MR) is 67.8 cm³/mol. The van der Waals surface area contributed by atoms with Crippen LogP contribution >= 0.6 is 11.6 Å². The molecule has 0 aromatic carbocycles. The predicted octanol–water partition coefficient (Wildman–Crippen LogP) is 3.43. The van der Waals surface area contributed by atoms with Gasteiger partial charge in [-0.15, -0.1) is 0 Å². The van der Waals surface area contributed by atoms with E-state index in [-0.39, 0.29) is 5.82 Å². The van der Waals surface area contributed by atoms with Gasteiger partial charge in [0, 0.05) is 30.9 Å². The summed E-state index contributed by atoms with van der Waals surface area (Å²) in [4.78, 5) is 4.14. The number of aryl methyl sites for hydroxylation is 1. The maximum Gasteiger partial charge on any atom is 0.435 e. The summed E-state index contributed by atoms with van der Waals surface area (Å²) in [5.41, 5.74) is -0.420. The molecule has 0 bridgehead atoms. The molecule has 0 amide bonds. The summed E-state index contributed by atoms with van der Waals surface area (Å²) in [5.74, 6) is 0.280. The number of hydrogen-bond donors (Lipinski definition) is 0. The summed E-state index contributed by atoms with van der Waals surface area (Å²) >= 11 is 5.83. The third kappa shape index (κ3) is 2.03. The second kappa shape index (κ2) is 4.24. The zero-order valence-corrected chi connectivity index (χ0v) is 10.9. The smallest absolute Gasteiger partial charge is 0.286 e. The van der Waals surface area contributed by atoms with E-state index in [0.717, 1.165) is 11.5 Å². The number of pyridine rings is 1. The van der Waals surface area contributed by atoms with Crippen LogP contribution in [-0.2, 0) is 13.2 Å². The molecule has 0 unspecified atom stereocenters. The van der Waals surface area contributed by atoms with Gasteiger partial charge in [0.1, 0.15) is 11.5 Å². The Kier molecular flexibility index (Phi) is 2.75. The zero-order chi connectivity index (χ0) is 14.5. The van der Waals surface area contributed by atoms with Crippen LogP contribution in [0.2, 0.25) is 5.02 Å². The van der Waals surface area contributed by atoms with E-state index in [1.807, 2.05) is 0 Å². The average molecular weight is 301 g/mol. The molecule has 104 valence electrons. The molecule has 0 saturated carbocycles. The summed E-state index contributed by atoms with van der Waals surface area (Å²) in [6.07, 6.45) is -1.40. The highest BCUT2D eigenvalue weighted by Gasteiger charge is 2.34. The Hall–Kier alpha value is -2.02. The molecule has 0 saturated heterocycles. The van der Waals surface area contributed by atoms with Crippen molar-refractivity contribution in [1.29, 1.82) is 0 Å². The fourth-order valence-corrected chi connectivity index (χ4v) is 2.17. The number of rotatable bonds is 1. The van der Waals surface area contributed by atoms with Crippen LogP contribution in [0, 0.1) is 0 Å². The van der Waals surface area contributed by atoms with E-state index in [9.17, 15) is 13.2 Å². The maximum atomic E-state index is 12.7. The van der Waals surface area contributed by atoms with Gasteiger partial charge in [-0.1, -0.05) is 11.6 Å². The van der Waals surface area contributed by atoms with Crippen molar-refractivity contribution in [3.05, 3.63) is 41.3 Å². The van der Waals surface area contributed by atoms with Crippen molar-refractivity contribution < 1.29 is 13.2 Å². The van der Waals surface area contributed by atoms with Gasteiger partial charge in [0.05, 0.1) is 5.02 Å². The second-order valence-electron chi connectivity index (χ2n) is 4.26. The number of nitrogens with zero attached hydrogens (tertiary/aromatic N) is 4. The Balaban J connectivity index is 2.19. The highest BCUT2D eigenvalue weighted by Crippen LogP contribution is 2.30. The van der Waals surface area contributed by atoms with E-state index in [4.69, 9.17) is 11.6 Å². The maximum absolute atomic E-state index is 12.7. The minimum atomic E-state index is -4.48. The molecule has 3 heterocycles. The van der Waals surface area contributed by atoms with Crippen LogP contribution in [0.4, 0.5) is 13.2 Å². The lowest BCUT2D eigenvalue weighted by atomic mass is 10.3. The molecule has 3 rings (SSSR count). The molecular weight excluding hydrogens is 293 g/mol. The Morgan fingerprint density at radius 2 is 2.00 bits per heavy atom. The molecule has 8 heteroatoms. The van der Waals surface area contributed by atoms with Gasteiger partial charge in [-0.25, -0.2) is 4.98 Å². The Morgan fingerprint density at radius 1 is 1.25 bits per heavy atom. The van der Waals surface area contributed by atoms with Crippen molar-refractivity contribution in [3.63, 3.8) is 0 Å². The standard InChI is InChI=1S/C12H8ClF3N4/c1-19-10(5-9(18-19)12(14,15)16)20-3-2-7-4-8(13)6-17-11(7)20/h2-6H,1H3. The van der Waals surface area contributed by atoms with E-state index < -0.39 is 11.9 Å². The molecule has 0 aliphatic heterocycles. The van der Waals surface area contributed by atoms with Gasteiger partial charge in [-0.2, -0.15) is 18.3 Å². The van der Waals surface area contributed by atoms with Crippen LogP contribution in [0.15, 0.2) is 30.6 Å². The van der Waals surface area contributed by atoms with Gasteiger partial charge in [0.2, 0.25) is 0 Å². The van der Waals surface area contributed by atoms with Gasteiger partial charge in [0.15, 0.2) is 5.69 Å². The first-order chi connectivity index (χ1) is 9.36. The Labute approximate surface area is 116 Å². The third-order valence-corrected chi connectivity index (χ3v) is 3.09. The molecule has 0 atom stereocenters. The molecule has 0 aliphatic carbocycles. The van der Waals surface area contributed by atoms with Crippen molar-refractivity contribution in [2.45, 2.75) is 6.18 Å². The first kappa shape index (κ1) is 13.0. The van der Waals surface area contributed by atoms with E-state index in [2.05, 4.69) is 10.1 Å². The molecule has 0 N–H and O–H groups in total. The van der Waals surface area contributed by atoms with E-state index in [1.165, 1.54) is 22.5 Å². The van der Waals surface area contributed by atoms with Crippen LogP contribution in [0.3, 0.4) is 0 Å². The van der Waals surface area contributed by atoms with Gasteiger partial charge >= 0.3 is 6.18 Å². The molecule has 0 spiro atoms. The Morgan fingerprint density at radius 3 is 2.65 bits per heavy atom.